The standard InChI is InChI=1S/C12H14N2S/c1-10-2-4-13-7-12(10)8-14-6-11-3-5-15-9-11/h2-5,7,9,14H,6,8H2,1H3. The lowest BCUT2D eigenvalue weighted by atomic mass is 10.1. The normalized spacial score (nSPS) is 10.5. The number of hydrogen-bond acceptors (Lipinski definition) is 3. The summed E-state index contributed by atoms with van der Waals surface area (Å²) in [7, 11) is 0. The zero-order valence-corrected chi connectivity index (χ0v) is 9.55. The van der Waals surface area contributed by atoms with Crippen molar-refractivity contribution in [2.75, 3.05) is 0 Å². The molecule has 0 aromatic carbocycles. The molecule has 0 aliphatic heterocycles. The molecule has 0 spiro atoms. The molecule has 0 radical (unpaired) electrons. The molecular formula is C12H14N2S. The van der Waals surface area contributed by atoms with E-state index in [1.54, 1.807) is 11.3 Å². The van der Waals surface area contributed by atoms with Crippen LogP contribution in [0.4, 0.5) is 0 Å². The van der Waals surface area contributed by atoms with Crippen LogP contribution in [-0.4, -0.2) is 4.98 Å². The largest absolute Gasteiger partial charge is 0.309 e. The fourth-order valence-electron chi connectivity index (χ4n) is 1.42. The lowest BCUT2D eigenvalue weighted by Crippen LogP contribution is -2.13. The summed E-state index contributed by atoms with van der Waals surface area (Å²) in [5, 5.41) is 7.68. The molecule has 2 aromatic rings. The van der Waals surface area contributed by atoms with Gasteiger partial charge in [-0.05, 0) is 46.5 Å². The van der Waals surface area contributed by atoms with Crippen molar-refractivity contribution in [2.45, 2.75) is 20.0 Å². The maximum absolute atomic E-state index is 4.12. The highest BCUT2D eigenvalue weighted by Gasteiger charge is 1.97. The minimum atomic E-state index is 0.884. The third-order valence-corrected chi connectivity index (χ3v) is 3.10. The van der Waals surface area contributed by atoms with E-state index in [2.05, 4.69) is 34.1 Å². The van der Waals surface area contributed by atoms with Gasteiger partial charge in [-0.25, -0.2) is 0 Å². The minimum absolute atomic E-state index is 0.884. The molecule has 0 fully saturated rings. The zero-order valence-electron chi connectivity index (χ0n) is 8.73. The van der Waals surface area contributed by atoms with Crippen molar-refractivity contribution in [1.29, 1.82) is 0 Å². The number of hydrogen-bond donors (Lipinski definition) is 1. The average Bonchev–Trinajstić information content (AvgIpc) is 2.74. The van der Waals surface area contributed by atoms with Crippen molar-refractivity contribution in [2.24, 2.45) is 0 Å². The Hall–Kier alpha value is -1.19. The summed E-state index contributed by atoms with van der Waals surface area (Å²) in [6, 6.07) is 4.19. The van der Waals surface area contributed by atoms with Crippen LogP contribution in [0, 0.1) is 6.92 Å². The molecule has 0 amide bonds. The van der Waals surface area contributed by atoms with Gasteiger partial charge < -0.3 is 5.32 Å². The maximum atomic E-state index is 4.12. The second-order valence-corrected chi connectivity index (χ2v) is 4.32. The van der Waals surface area contributed by atoms with Crippen LogP contribution < -0.4 is 5.32 Å². The van der Waals surface area contributed by atoms with Gasteiger partial charge in [-0.15, -0.1) is 0 Å². The van der Waals surface area contributed by atoms with Crippen LogP contribution in [0.1, 0.15) is 16.7 Å². The maximum Gasteiger partial charge on any atom is 0.0315 e. The molecule has 2 heterocycles. The molecular weight excluding hydrogens is 204 g/mol. The summed E-state index contributed by atoms with van der Waals surface area (Å²) in [5.74, 6) is 0. The lowest BCUT2D eigenvalue weighted by molar-refractivity contribution is 0.690. The van der Waals surface area contributed by atoms with Gasteiger partial charge >= 0.3 is 0 Å². The van der Waals surface area contributed by atoms with Crippen molar-refractivity contribution >= 4 is 11.3 Å². The fraction of sp³-hybridized carbons (Fsp3) is 0.250. The molecule has 0 unspecified atom stereocenters. The molecule has 78 valence electrons. The Bertz CT molecular complexity index is 409. The van der Waals surface area contributed by atoms with Gasteiger partial charge in [0.25, 0.3) is 0 Å². The average molecular weight is 218 g/mol. The van der Waals surface area contributed by atoms with Crippen LogP contribution in [0.2, 0.25) is 0 Å². The molecule has 15 heavy (non-hydrogen) atoms. The Morgan fingerprint density at radius 3 is 3.00 bits per heavy atom. The molecule has 0 saturated heterocycles. The Balaban J connectivity index is 1.86. The number of nitrogens with zero attached hydrogens (tertiary/aromatic N) is 1. The molecule has 2 rings (SSSR count). The number of pyridine rings is 1. The highest BCUT2D eigenvalue weighted by molar-refractivity contribution is 7.07. The lowest BCUT2D eigenvalue weighted by Gasteiger charge is -2.05. The zero-order chi connectivity index (χ0) is 10.5. The molecule has 3 heteroatoms. The van der Waals surface area contributed by atoms with Gasteiger partial charge in [-0.1, -0.05) is 0 Å². The van der Waals surface area contributed by atoms with Gasteiger partial charge in [0.05, 0.1) is 0 Å². The predicted octanol–water partition coefficient (Wildman–Crippen LogP) is 2.74. The van der Waals surface area contributed by atoms with Gasteiger partial charge in [0, 0.05) is 25.5 Å². The molecule has 0 bridgehead atoms. The Labute approximate surface area is 94.0 Å². The summed E-state index contributed by atoms with van der Waals surface area (Å²) < 4.78 is 0. The molecule has 0 aliphatic carbocycles. The van der Waals surface area contributed by atoms with Crippen molar-refractivity contribution in [3.8, 4) is 0 Å². The van der Waals surface area contributed by atoms with Crippen LogP contribution in [0.3, 0.4) is 0 Å². The van der Waals surface area contributed by atoms with E-state index in [0.29, 0.717) is 0 Å². The third kappa shape index (κ3) is 2.88. The minimum Gasteiger partial charge on any atom is -0.309 e. The SMILES string of the molecule is Cc1ccncc1CNCc1ccsc1. The number of nitrogens with one attached hydrogen (secondary N) is 1. The van der Waals surface area contributed by atoms with Crippen LogP contribution in [0.25, 0.3) is 0 Å². The van der Waals surface area contributed by atoms with E-state index in [-0.39, 0.29) is 0 Å². The monoisotopic (exact) mass is 218 g/mol. The van der Waals surface area contributed by atoms with Crippen LogP contribution >= 0.6 is 11.3 Å². The first-order valence-corrected chi connectivity index (χ1v) is 5.92. The number of aromatic nitrogens is 1. The van der Waals surface area contributed by atoms with Crippen LogP contribution in [0.5, 0.6) is 0 Å². The second kappa shape index (κ2) is 5.05. The molecule has 0 atom stereocenters. The van der Waals surface area contributed by atoms with E-state index in [1.165, 1.54) is 16.7 Å². The van der Waals surface area contributed by atoms with Crippen LogP contribution in [-0.2, 0) is 13.1 Å². The second-order valence-electron chi connectivity index (χ2n) is 3.54. The number of rotatable bonds is 4. The van der Waals surface area contributed by atoms with Crippen molar-refractivity contribution in [3.63, 3.8) is 0 Å². The first kappa shape index (κ1) is 10.3. The highest BCUT2D eigenvalue weighted by Crippen LogP contribution is 2.07. The van der Waals surface area contributed by atoms with Crippen LogP contribution in [0.15, 0.2) is 35.3 Å². The molecule has 0 saturated carbocycles. The summed E-state index contributed by atoms with van der Waals surface area (Å²) in [5.41, 5.74) is 3.91. The highest BCUT2D eigenvalue weighted by atomic mass is 32.1. The number of aryl methyl sites for hydroxylation is 1. The molecule has 0 aliphatic rings. The van der Waals surface area contributed by atoms with E-state index in [0.717, 1.165) is 13.1 Å². The van der Waals surface area contributed by atoms with E-state index in [4.69, 9.17) is 0 Å². The van der Waals surface area contributed by atoms with Crippen molar-refractivity contribution < 1.29 is 0 Å². The van der Waals surface area contributed by atoms with Crippen molar-refractivity contribution in [3.05, 3.63) is 52.0 Å². The van der Waals surface area contributed by atoms with Gasteiger partial charge in [0.2, 0.25) is 0 Å². The van der Waals surface area contributed by atoms with Gasteiger partial charge in [-0.2, -0.15) is 11.3 Å². The van der Waals surface area contributed by atoms with Gasteiger partial charge in [0.1, 0.15) is 0 Å². The van der Waals surface area contributed by atoms with E-state index >= 15 is 0 Å². The Morgan fingerprint density at radius 1 is 1.33 bits per heavy atom. The Morgan fingerprint density at radius 2 is 2.27 bits per heavy atom. The van der Waals surface area contributed by atoms with Gasteiger partial charge in [-0.3, -0.25) is 4.98 Å². The molecule has 2 aromatic heterocycles. The molecule has 1 N–H and O–H groups in total. The van der Waals surface area contributed by atoms with E-state index in [9.17, 15) is 0 Å². The van der Waals surface area contributed by atoms with E-state index in [1.807, 2.05) is 18.5 Å². The summed E-state index contributed by atoms with van der Waals surface area (Å²) in [4.78, 5) is 4.12. The first-order valence-electron chi connectivity index (χ1n) is 4.97. The summed E-state index contributed by atoms with van der Waals surface area (Å²) >= 11 is 1.74. The smallest absolute Gasteiger partial charge is 0.0315 e. The summed E-state index contributed by atoms with van der Waals surface area (Å²) in [6.07, 6.45) is 3.76. The summed E-state index contributed by atoms with van der Waals surface area (Å²) in [6.45, 7) is 3.93. The molecule has 2 nitrogen and oxygen atoms in total. The third-order valence-electron chi connectivity index (χ3n) is 2.37. The van der Waals surface area contributed by atoms with Crippen molar-refractivity contribution in [1.82, 2.24) is 10.3 Å². The number of thiophene rings is 1. The van der Waals surface area contributed by atoms with E-state index < -0.39 is 0 Å². The topological polar surface area (TPSA) is 24.9 Å². The quantitative estimate of drug-likeness (QED) is 0.853. The fourth-order valence-corrected chi connectivity index (χ4v) is 2.09. The predicted molar refractivity (Wildman–Crippen MR) is 63.8 cm³/mol. The van der Waals surface area contributed by atoms with Gasteiger partial charge in [0.15, 0.2) is 0 Å². The Kier molecular flexibility index (Phi) is 3.48. The first-order chi connectivity index (χ1) is 7.36.